The van der Waals surface area contributed by atoms with E-state index in [-0.39, 0.29) is 10.8 Å². The van der Waals surface area contributed by atoms with E-state index in [0.717, 1.165) is 12.0 Å². The number of benzene rings is 2. The van der Waals surface area contributed by atoms with Crippen molar-refractivity contribution in [2.24, 2.45) is 5.41 Å². The Hall–Kier alpha value is -2.07. The molecule has 2 atom stereocenters. The second kappa shape index (κ2) is 4.96. The van der Waals surface area contributed by atoms with Crippen molar-refractivity contribution in [3.05, 3.63) is 78.0 Å². The maximum Gasteiger partial charge on any atom is 0.263 e. The average molecular weight is 339 g/mol. The van der Waals surface area contributed by atoms with E-state index in [1.807, 2.05) is 37.3 Å². The lowest BCUT2D eigenvalue weighted by Crippen LogP contribution is -2.37. The molecule has 0 bridgehead atoms. The SMILES string of the molecule is Cc1ccc(S(=O)(=O)N2C=C[C@@]3(c4ccccc4)C[C@@]3(C)C2)cc1. The second-order valence-electron chi connectivity index (χ2n) is 7.25. The van der Waals surface area contributed by atoms with Gasteiger partial charge in [0.25, 0.3) is 10.0 Å². The van der Waals surface area contributed by atoms with Gasteiger partial charge >= 0.3 is 0 Å². The van der Waals surface area contributed by atoms with Crippen LogP contribution in [0, 0.1) is 12.3 Å². The van der Waals surface area contributed by atoms with Crippen LogP contribution in [0.15, 0.2) is 71.8 Å². The van der Waals surface area contributed by atoms with Crippen molar-refractivity contribution >= 4 is 10.0 Å². The third-order valence-electron chi connectivity index (χ3n) is 5.57. The first-order valence-corrected chi connectivity index (χ1v) is 9.65. The van der Waals surface area contributed by atoms with E-state index >= 15 is 0 Å². The Morgan fingerprint density at radius 2 is 1.67 bits per heavy atom. The molecule has 0 aromatic heterocycles. The van der Waals surface area contributed by atoms with Crippen molar-refractivity contribution in [2.45, 2.75) is 30.6 Å². The van der Waals surface area contributed by atoms with Crippen molar-refractivity contribution in [1.82, 2.24) is 4.31 Å². The summed E-state index contributed by atoms with van der Waals surface area (Å²) in [7, 11) is -3.49. The molecule has 3 nitrogen and oxygen atoms in total. The molecular formula is C20H21NO2S. The van der Waals surface area contributed by atoms with E-state index in [2.05, 4.69) is 25.1 Å². The van der Waals surface area contributed by atoms with Crippen LogP contribution in [-0.4, -0.2) is 19.3 Å². The topological polar surface area (TPSA) is 37.4 Å². The Morgan fingerprint density at radius 1 is 1.00 bits per heavy atom. The third kappa shape index (κ3) is 2.13. The monoisotopic (exact) mass is 339 g/mol. The third-order valence-corrected chi connectivity index (χ3v) is 7.30. The maximum atomic E-state index is 12.9. The summed E-state index contributed by atoms with van der Waals surface area (Å²) in [6, 6.07) is 17.4. The molecule has 1 fully saturated rings. The number of rotatable bonds is 3. The molecule has 2 aromatic rings. The van der Waals surface area contributed by atoms with Crippen LogP contribution < -0.4 is 0 Å². The van der Waals surface area contributed by atoms with Crippen LogP contribution in [0.25, 0.3) is 0 Å². The van der Waals surface area contributed by atoms with Gasteiger partial charge in [-0.25, -0.2) is 8.42 Å². The van der Waals surface area contributed by atoms with Gasteiger partial charge in [-0.15, -0.1) is 0 Å². The van der Waals surface area contributed by atoms with Gasteiger partial charge in [0.15, 0.2) is 0 Å². The van der Waals surface area contributed by atoms with Gasteiger partial charge in [-0.1, -0.05) is 61.0 Å². The minimum Gasteiger partial charge on any atom is -0.273 e. The highest BCUT2D eigenvalue weighted by atomic mass is 32.2. The standard InChI is InChI=1S/C20H21NO2S/c1-16-8-10-18(11-9-16)24(22,23)21-13-12-20(14-19(20,2)15-21)17-6-4-3-5-7-17/h3-13H,14-15H2,1-2H3/t19-,20-/m0/s1. The highest BCUT2D eigenvalue weighted by Crippen LogP contribution is 2.67. The summed E-state index contributed by atoms with van der Waals surface area (Å²) < 4.78 is 27.3. The molecule has 0 unspecified atom stereocenters. The average Bonchev–Trinajstić information content (AvgIpc) is 3.22. The van der Waals surface area contributed by atoms with Gasteiger partial charge in [-0.05, 0) is 31.0 Å². The summed E-state index contributed by atoms with van der Waals surface area (Å²) in [6.45, 7) is 4.66. The molecule has 0 spiro atoms. The minimum absolute atomic E-state index is 0.0203. The molecule has 4 rings (SSSR count). The first kappa shape index (κ1) is 15.5. The number of hydrogen-bond acceptors (Lipinski definition) is 2. The molecule has 124 valence electrons. The van der Waals surface area contributed by atoms with Crippen LogP contribution in [0.5, 0.6) is 0 Å². The van der Waals surface area contributed by atoms with Gasteiger partial charge in [0.1, 0.15) is 0 Å². The number of allylic oxidation sites excluding steroid dienone is 1. The molecule has 4 heteroatoms. The quantitative estimate of drug-likeness (QED) is 0.851. The van der Waals surface area contributed by atoms with Crippen LogP contribution in [0.3, 0.4) is 0 Å². The van der Waals surface area contributed by atoms with Gasteiger partial charge in [0.05, 0.1) is 4.90 Å². The van der Waals surface area contributed by atoms with Crippen LogP contribution in [0.2, 0.25) is 0 Å². The minimum atomic E-state index is -3.49. The van der Waals surface area contributed by atoms with E-state index < -0.39 is 10.0 Å². The van der Waals surface area contributed by atoms with E-state index in [1.165, 1.54) is 9.87 Å². The molecule has 0 N–H and O–H groups in total. The fourth-order valence-electron chi connectivity index (χ4n) is 3.93. The van der Waals surface area contributed by atoms with Gasteiger partial charge < -0.3 is 0 Å². The largest absolute Gasteiger partial charge is 0.273 e. The number of aryl methyl sites for hydroxylation is 1. The van der Waals surface area contributed by atoms with Crippen molar-refractivity contribution in [3.63, 3.8) is 0 Å². The summed E-state index contributed by atoms with van der Waals surface area (Å²) in [5.74, 6) is 0. The van der Waals surface area contributed by atoms with Crippen molar-refractivity contribution in [2.75, 3.05) is 6.54 Å². The molecule has 2 aromatic carbocycles. The fraction of sp³-hybridized carbons (Fsp3) is 0.300. The highest BCUT2D eigenvalue weighted by molar-refractivity contribution is 7.89. The number of nitrogens with zero attached hydrogens (tertiary/aromatic N) is 1. The molecule has 0 radical (unpaired) electrons. The zero-order valence-corrected chi connectivity index (χ0v) is 14.8. The Kier molecular flexibility index (Phi) is 3.20. The first-order chi connectivity index (χ1) is 11.4. The van der Waals surface area contributed by atoms with E-state index in [9.17, 15) is 8.42 Å². The van der Waals surface area contributed by atoms with E-state index in [1.54, 1.807) is 18.3 Å². The fourth-order valence-corrected chi connectivity index (χ4v) is 5.36. The lowest BCUT2D eigenvalue weighted by atomic mass is 9.85. The summed E-state index contributed by atoms with van der Waals surface area (Å²) in [4.78, 5) is 0.356. The molecule has 1 saturated carbocycles. The van der Waals surface area contributed by atoms with Crippen LogP contribution in [-0.2, 0) is 15.4 Å². The highest BCUT2D eigenvalue weighted by Gasteiger charge is 2.66. The zero-order valence-electron chi connectivity index (χ0n) is 13.9. The van der Waals surface area contributed by atoms with Crippen molar-refractivity contribution in [3.8, 4) is 0 Å². The van der Waals surface area contributed by atoms with Gasteiger partial charge in [-0.3, -0.25) is 4.31 Å². The summed E-state index contributed by atoms with van der Waals surface area (Å²) >= 11 is 0. The van der Waals surface area contributed by atoms with Crippen LogP contribution >= 0.6 is 0 Å². The van der Waals surface area contributed by atoms with E-state index in [4.69, 9.17) is 0 Å². The lowest BCUT2D eigenvalue weighted by Gasteiger charge is -2.32. The molecule has 1 heterocycles. The summed E-state index contributed by atoms with van der Waals surface area (Å²) in [5.41, 5.74) is 2.27. The Balaban J connectivity index is 1.68. The molecule has 2 aliphatic rings. The number of hydrogen-bond donors (Lipinski definition) is 0. The van der Waals surface area contributed by atoms with Gasteiger partial charge in [0, 0.05) is 23.6 Å². The number of fused-ring (bicyclic) bond motifs is 1. The van der Waals surface area contributed by atoms with Crippen LogP contribution in [0.4, 0.5) is 0 Å². The molecular weight excluding hydrogens is 318 g/mol. The predicted octanol–water partition coefficient (Wildman–Crippen LogP) is 3.86. The summed E-state index contributed by atoms with van der Waals surface area (Å²) in [5, 5.41) is 0. The molecule has 0 saturated heterocycles. The Morgan fingerprint density at radius 3 is 2.29 bits per heavy atom. The maximum absolute atomic E-state index is 12.9. The summed E-state index contributed by atoms with van der Waals surface area (Å²) in [6.07, 6.45) is 4.83. The van der Waals surface area contributed by atoms with Gasteiger partial charge in [0.2, 0.25) is 0 Å². The normalized spacial score (nSPS) is 28.5. The Bertz CT molecular complexity index is 902. The smallest absolute Gasteiger partial charge is 0.263 e. The molecule has 1 aliphatic carbocycles. The predicted molar refractivity (Wildman–Crippen MR) is 95.1 cm³/mol. The Labute approximate surface area is 143 Å². The van der Waals surface area contributed by atoms with Crippen LogP contribution in [0.1, 0.15) is 24.5 Å². The van der Waals surface area contributed by atoms with Crippen molar-refractivity contribution < 1.29 is 8.42 Å². The van der Waals surface area contributed by atoms with E-state index in [0.29, 0.717) is 11.4 Å². The molecule has 0 amide bonds. The number of sulfonamides is 1. The molecule has 1 aliphatic heterocycles. The lowest BCUT2D eigenvalue weighted by molar-refractivity contribution is 0.364. The van der Waals surface area contributed by atoms with Crippen molar-refractivity contribution in [1.29, 1.82) is 0 Å². The zero-order chi connectivity index (χ0) is 17.0. The van der Waals surface area contributed by atoms with Gasteiger partial charge in [-0.2, -0.15) is 0 Å². The second-order valence-corrected chi connectivity index (χ2v) is 9.14. The molecule has 24 heavy (non-hydrogen) atoms. The first-order valence-electron chi connectivity index (χ1n) is 8.21.